The molecule has 2 aromatic carbocycles. The van der Waals surface area contributed by atoms with Gasteiger partial charge in [-0.3, -0.25) is 14.7 Å². The highest BCUT2D eigenvalue weighted by Gasteiger charge is 2.26. The Bertz CT molecular complexity index is 1380. The lowest BCUT2D eigenvalue weighted by molar-refractivity contribution is 0.0989. The number of carbonyl (C=O) groups is 1. The van der Waals surface area contributed by atoms with Crippen LogP contribution in [0.25, 0.3) is 20.3 Å². The zero-order chi connectivity index (χ0) is 20.7. The molecule has 0 aliphatic carbocycles. The van der Waals surface area contributed by atoms with Gasteiger partial charge in [0, 0.05) is 21.3 Å². The smallest absolute Gasteiger partial charge is 0.272 e. The lowest BCUT2D eigenvalue weighted by Crippen LogP contribution is -2.30. The number of anilines is 1. The number of pyridine rings is 1. The topological polar surface area (TPSA) is 46.1 Å². The van der Waals surface area contributed by atoms with Crippen molar-refractivity contribution in [2.75, 3.05) is 4.90 Å². The van der Waals surface area contributed by atoms with Crippen LogP contribution in [0.5, 0.6) is 0 Å². The average Bonchev–Trinajstić information content (AvgIpc) is 3.33. The molecule has 3 heterocycles. The average molecular weight is 470 g/mol. The van der Waals surface area contributed by atoms with E-state index in [0.29, 0.717) is 20.1 Å². The largest absolute Gasteiger partial charge is 0.277 e. The second-order valence-electron chi connectivity index (χ2n) is 6.56. The van der Waals surface area contributed by atoms with E-state index < -0.39 is 0 Å². The van der Waals surface area contributed by atoms with Gasteiger partial charge in [-0.2, -0.15) is 0 Å². The third kappa shape index (κ3) is 3.56. The number of fused-ring (bicyclic) bond motifs is 2. The predicted molar refractivity (Wildman–Crippen MR) is 126 cm³/mol. The molecule has 3 aromatic heterocycles. The lowest BCUT2D eigenvalue weighted by Gasteiger charge is -2.19. The summed E-state index contributed by atoms with van der Waals surface area (Å²) in [4.78, 5) is 24.8. The summed E-state index contributed by atoms with van der Waals surface area (Å²) in [5, 5.41) is 2.56. The van der Waals surface area contributed by atoms with Crippen molar-refractivity contribution in [3.8, 4) is 0 Å². The maximum absolute atomic E-state index is 13.6. The molecule has 5 rings (SSSR count). The number of hydrogen-bond acceptors (Lipinski definition) is 5. The first-order valence-electron chi connectivity index (χ1n) is 9.05. The normalized spacial score (nSPS) is 11.3. The molecule has 0 saturated carbocycles. The molecule has 0 saturated heterocycles. The van der Waals surface area contributed by atoms with Crippen LogP contribution in [0.15, 0.2) is 66.9 Å². The van der Waals surface area contributed by atoms with Gasteiger partial charge in [0.2, 0.25) is 0 Å². The summed E-state index contributed by atoms with van der Waals surface area (Å²) in [6.45, 7) is 0.289. The molecule has 0 aliphatic heterocycles. The van der Waals surface area contributed by atoms with Gasteiger partial charge in [-0.1, -0.05) is 58.8 Å². The second-order valence-corrected chi connectivity index (χ2v) is 9.44. The monoisotopic (exact) mass is 469 g/mol. The number of hydrogen-bond donors (Lipinski definition) is 0. The van der Waals surface area contributed by atoms with E-state index in [1.54, 1.807) is 17.2 Å². The van der Waals surface area contributed by atoms with Crippen molar-refractivity contribution in [2.45, 2.75) is 6.54 Å². The van der Waals surface area contributed by atoms with Gasteiger partial charge in [0.05, 0.1) is 27.5 Å². The molecule has 0 N–H and O–H groups in total. The van der Waals surface area contributed by atoms with Crippen molar-refractivity contribution in [1.29, 1.82) is 0 Å². The summed E-state index contributed by atoms with van der Waals surface area (Å²) < 4.78 is 1.89. The molecule has 8 heteroatoms. The molecule has 1 amide bonds. The highest BCUT2D eigenvalue weighted by molar-refractivity contribution is 7.23. The molecule has 0 bridgehead atoms. The summed E-state index contributed by atoms with van der Waals surface area (Å²) in [7, 11) is 0. The van der Waals surface area contributed by atoms with E-state index in [2.05, 4.69) is 9.97 Å². The van der Waals surface area contributed by atoms with Crippen LogP contribution in [0.4, 0.5) is 5.13 Å². The molecule has 5 aromatic rings. The summed E-state index contributed by atoms with van der Waals surface area (Å²) in [5.74, 6) is -0.197. The summed E-state index contributed by atoms with van der Waals surface area (Å²) >= 11 is 15.5. The van der Waals surface area contributed by atoms with Gasteiger partial charge in [0.25, 0.3) is 5.91 Å². The molecule has 0 unspecified atom stereocenters. The zero-order valence-electron chi connectivity index (χ0n) is 15.4. The Morgan fingerprint density at radius 2 is 1.80 bits per heavy atom. The molecule has 0 spiro atoms. The molecule has 30 heavy (non-hydrogen) atoms. The highest BCUT2D eigenvalue weighted by atomic mass is 35.5. The Balaban J connectivity index is 1.62. The number of halogens is 2. The van der Waals surface area contributed by atoms with Crippen molar-refractivity contribution < 1.29 is 4.79 Å². The van der Waals surface area contributed by atoms with E-state index in [1.165, 1.54) is 22.7 Å². The van der Waals surface area contributed by atoms with Crippen molar-refractivity contribution >= 4 is 77.2 Å². The molecule has 4 nitrogen and oxygen atoms in total. The first kappa shape index (κ1) is 19.5. The molecular formula is C22H13Cl2N3OS2. The number of benzene rings is 2. The van der Waals surface area contributed by atoms with E-state index >= 15 is 0 Å². The van der Waals surface area contributed by atoms with Crippen LogP contribution >= 0.6 is 45.9 Å². The van der Waals surface area contributed by atoms with Gasteiger partial charge in [-0.05, 0) is 36.4 Å². The standard InChI is InChI=1S/C22H13Cl2N3OS2/c23-13-8-9-16-18(11-13)30-22(26-16)27(12-14-5-3-4-10-25-14)21(28)20-19(24)15-6-1-2-7-17(15)29-20/h1-11H,12H2. The Labute approximate surface area is 190 Å². The SMILES string of the molecule is O=C(c1sc2ccccc2c1Cl)N(Cc1ccccn1)c1nc2ccc(Cl)cc2s1. The van der Waals surface area contributed by atoms with Crippen LogP contribution in [0.1, 0.15) is 15.4 Å². The quantitative estimate of drug-likeness (QED) is 0.283. The number of nitrogens with zero attached hydrogens (tertiary/aromatic N) is 3. The number of rotatable bonds is 4. The Hall–Kier alpha value is -2.51. The van der Waals surface area contributed by atoms with Gasteiger partial charge in [0.15, 0.2) is 5.13 Å². The van der Waals surface area contributed by atoms with Gasteiger partial charge in [-0.15, -0.1) is 11.3 Å². The van der Waals surface area contributed by atoms with Crippen LogP contribution in [-0.4, -0.2) is 15.9 Å². The first-order valence-corrected chi connectivity index (χ1v) is 11.4. The van der Waals surface area contributed by atoms with Crippen LogP contribution < -0.4 is 4.90 Å². The highest BCUT2D eigenvalue weighted by Crippen LogP contribution is 2.38. The number of aromatic nitrogens is 2. The third-order valence-corrected chi connectivity index (χ3v) is 7.53. The number of thiazole rings is 1. The number of thiophene rings is 1. The van der Waals surface area contributed by atoms with Crippen molar-refractivity contribution in [1.82, 2.24) is 9.97 Å². The zero-order valence-corrected chi connectivity index (χ0v) is 18.5. The van der Waals surface area contributed by atoms with Crippen LogP contribution in [-0.2, 0) is 6.54 Å². The molecule has 0 aliphatic rings. The summed E-state index contributed by atoms with van der Waals surface area (Å²) in [6, 6.07) is 18.9. The minimum atomic E-state index is -0.197. The van der Waals surface area contributed by atoms with E-state index in [4.69, 9.17) is 23.2 Å². The molecule has 0 fully saturated rings. The molecular weight excluding hydrogens is 457 g/mol. The Kier molecular flexibility index (Phi) is 5.16. The molecule has 148 valence electrons. The maximum Gasteiger partial charge on any atom is 0.272 e. The van der Waals surface area contributed by atoms with E-state index in [0.717, 1.165) is 26.0 Å². The molecule has 0 radical (unpaired) electrons. The summed E-state index contributed by atoms with van der Waals surface area (Å²) in [5.41, 5.74) is 1.56. The minimum Gasteiger partial charge on any atom is -0.277 e. The van der Waals surface area contributed by atoms with Crippen LogP contribution in [0.2, 0.25) is 10.0 Å². The fourth-order valence-electron chi connectivity index (χ4n) is 3.16. The number of carbonyl (C=O) groups excluding carboxylic acids is 1. The third-order valence-electron chi connectivity index (χ3n) is 4.59. The second kappa shape index (κ2) is 7.96. The van der Waals surface area contributed by atoms with E-state index in [1.807, 2.05) is 54.6 Å². The predicted octanol–water partition coefficient (Wildman–Crippen LogP) is 7.06. The van der Waals surface area contributed by atoms with Gasteiger partial charge < -0.3 is 0 Å². The van der Waals surface area contributed by atoms with E-state index in [9.17, 15) is 4.79 Å². The van der Waals surface area contributed by atoms with Crippen LogP contribution in [0, 0.1) is 0 Å². The fourth-order valence-corrected chi connectivity index (χ4v) is 5.86. The minimum absolute atomic E-state index is 0.197. The van der Waals surface area contributed by atoms with Crippen molar-refractivity contribution in [3.63, 3.8) is 0 Å². The Morgan fingerprint density at radius 3 is 2.60 bits per heavy atom. The van der Waals surface area contributed by atoms with Crippen LogP contribution in [0.3, 0.4) is 0 Å². The molecule has 0 atom stereocenters. The van der Waals surface area contributed by atoms with Crippen molar-refractivity contribution in [2.24, 2.45) is 0 Å². The van der Waals surface area contributed by atoms with E-state index in [-0.39, 0.29) is 12.5 Å². The summed E-state index contributed by atoms with van der Waals surface area (Å²) in [6.07, 6.45) is 1.71. The van der Waals surface area contributed by atoms with Gasteiger partial charge in [0.1, 0.15) is 4.88 Å². The number of amides is 1. The van der Waals surface area contributed by atoms with Gasteiger partial charge in [-0.25, -0.2) is 4.98 Å². The van der Waals surface area contributed by atoms with Crippen molar-refractivity contribution in [3.05, 3.63) is 87.5 Å². The van der Waals surface area contributed by atoms with Gasteiger partial charge >= 0.3 is 0 Å². The Morgan fingerprint density at radius 1 is 0.967 bits per heavy atom. The fraction of sp³-hybridized carbons (Fsp3) is 0.0455. The maximum atomic E-state index is 13.6. The first-order chi connectivity index (χ1) is 14.6. The lowest BCUT2D eigenvalue weighted by atomic mass is 10.2.